The van der Waals surface area contributed by atoms with E-state index in [9.17, 15) is 19.0 Å². The number of nitrogens with one attached hydrogen (secondary N) is 1. The van der Waals surface area contributed by atoms with Crippen molar-refractivity contribution >= 4 is 7.82 Å². The third kappa shape index (κ3) is 3.56. The Kier molecular flexibility index (Phi) is 5.03. The molecule has 1 fully saturated rings. The van der Waals surface area contributed by atoms with Crippen LogP contribution >= 0.6 is 7.82 Å². The van der Waals surface area contributed by atoms with Gasteiger partial charge in [-0.3, -0.25) is 23.4 Å². The van der Waals surface area contributed by atoms with Crippen molar-refractivity contribution in [2.24, 2.45) is 0 Å². The molecule has 0 bridgehead atoms. The van der Waals surface area contributed by atoms with E-state index in [-0.39, 0.29) is 6.42 Å². The first-order chi connectivity index (χ1) is 10.3. The Morgan fingerprint density at radius 1 is 1.55 bits per heavy atom. The molecular weight excluding hydrogens is 315 g/mol. The number of H-pyrrole nitrogens is 1. The molecule has 1 aliphatic rings. The van der Waals surface area contributed by atoms with Gasteiger partial charge in [-0.15, -0.1) is 0 Å². The maximum atomic E-state index is 11.9. The second kappa shape index (κ2) is 6.47. The zero-order valence-electron chi connectivity index (χ0n) is 12.5. The van der Waals surface area contributed by atoms with Crippen LogP contribution in [0.15, 0.2) is 15.8 Å². The quantitative estimate of drug-likeness (QED) is 0.760. The van der Waals surface area contributed by atoms with Crippen LogP contribution in [0.25, 0.3) is 0 Å². The molecule has 10 heteroatoms. The molecule has 1 saturated heterocycles. The molecule has 4 atom stereocenters. The number of phosphoric acid groups is 1. The van der Waals surface area contributed by atoms with Gasteiger partial charge in [-0.05, 0) is 13.3 Å². The SMILES string of the molecule is CC[C@@H]1O[C@H](n2cc(C)c(=O)[nH]c2=O)C[C@H]1OP(=O)(O)OC. The highest BCUT2D eigenvalue weighted by Gasteiger charge is 2.40. The number of hydrogen-bond donors (Lipinski definition) is 2. The van der Waals surface area contributed by atoms with Gasteiger partial charge in [-0.25, -0.2) is 9.36 Å². The van der Waals surface area contributed by atoms with Crippen molar-refractivity contribution in [1.29, 1.82) is 0 Å². The molecule has 1 unspecified atom stereocenters. The lowest BCUT2D eigenvalue weighted by Gasteiger charge is -2.18. The summed E-state index contributed by atoms with van der Waals surface area (Å²) < 4.78 is 28.0. The second-order valence-electron chi connectivity index (χ2n) is 5.05. The molecule has 0 aromatic carbocycles. The summed E-state index contributed by atoms with van der Waals surface area (Å²) >= 11 is 0. The van der Waals surface area contributed by atoms with Crippen molar-refractivity contribution in [3.8, 4) is 0 Å². The van der Waals surface area contributed by atoms with Crippen molar-refractivity contribution < 1.29 is 23.2 Å². The number of phosphoric ester groups is 1. The predicted octanol–water partition coefficient (Wildman–Crippen LogP) is 0.675. The van der Waals surface area contributed by atoms with E-state index in [1.54, 1.807) is 6.92 Å². The number of aromatic amines is 1. The van der Waals surface area contributed by atoms with Crippen LogP contribution in [0.3, 0.4) is 0 Å². The molecule has 124 valence electrons. The van der Waals surface area contributed by atoms with Gasteiger partial charge in [0.05, 0.1) is 12.2 Å². The maximum absolute atomic E-state index is 11.9. The Bertz CT molecular complexity index is 697. The van der Waals surface area contributed by atoms with E-state index in [2.05, 4.69) is 9.51 Å². The van der Waals surface area contributed by atoms with E-state index in [0.717, 1.165) is 7.11 Å². The summed E-state index contributed by atoms with van der Waals surface area (Å²) in [6.45, 7) is 3.40. The van der Waals surface area contributed by atoms with Gasteiger partial charge < -0.3 is 9.63 Å². The molecule has 22 heavy (non-hydrogen) atoms. The highest BCUT2D eigenvalue weighted by atomic mass is 31.2. The Morgan fingerprint density at radius 3 is 2.82 bits per heavy atom. The van der Waals surface area contributed by atoms with E-state index < -0.39 is 37.5 Å². The average Bonchev–Trinajstić information content (AvgIpc) is 2.84. The highest BCUT2D eigenvalue weighted by Crippen LogP contribution is 2.47. The summed E-state index contributed by atoms with van der Waals surface area (Å²) in [4.78, 5) is 34.9. The number of hydrogen-bond acceptors (Lipinski definition) is 6. The summed E-state index contributed by atoms with van der Waals surface area (Å²) in [7, 11) is -3.07. The molecule has 2 N–H and O–H groups in total. The topological polar surface area (TPSA) is 120 Å². The zero-order valence-corrected chi connectivity index (χ0v) is 13.4. The molecule has 0 spiro atoms. The van der Waals surface area contributed by atoms with Crippen LogP contribution in [0, 0.1) is 6.92 Å². The third-order valence-electron chi connectivity index (χ3n) is 3.54. The summed E-state index contributed by atoms with van der Waals surface area (Å²) in [6.07, 6.45) is 0.287. The van der Waals surface area contributed by atoms with Crippen LogP contribution in [0.2, 0.25) is 0 Å². The minimum Gasteiger partial charge on any atom is -0.352 e. The molecule has 2 heterocycles. The van der Waals surface area contributed by atoms with Crippen molar-refractivity contribution in [3.63, 3.8) is 0 Å². The molecule has 2 rings (SSSR count). The van der Waals surface area contributed by atoms with Gasteiger partial charge in [0.25, 0.3) is 5.56 Å². The Balaban J connectivity index is 2.25. The van der Waals surface area contributed by atoms with Gasteiger partial charge in [0.15, 0.2) is 0 Å². The molecule has 0 amide bonds. The first-order valence-electron chi connectivity index (χ1n) is 6.82. The van der Waals surface area contributed by atoms with E-state index >= 15 is 0 Å². The van der Waals surface area contributed by atoms with Gasteiger partial charge >= 0.3 is 13.5 Å². The number of rotatable bonds is 5. The first kappa shape index (κ1) is 17.1. The van der Waals surface area contributed by atoms with E-state index in [0.29, 0.717) is 12.0 Å². The van der Waals surface area contributed by atoms with E-state index in [1.165, 1.54) is 10.8 Å². The predicted molar refractivity (Wildman–Crippen MR) is 76.6 cm³/mol. The normalized spacial score (nSPS) is 27.7. The lowest BCUT2D eigenvalue weighted by Crippen LogP contribution is -2.33. The van der Waals surface area contributed by atoms with Crippen molar-refractivity contribution in [1.82, 2.24) is 9.55 Å². The molecule has 1 aliphatic heterocycles. The Morgan fingerprint density at radius 2 is 2.23 bits per heavy atom. The number of aromatic nitrogens is 2. The zero-order chi connectivity index (χ0) is 16.5. The van der Waals surface area contributed by atoms with Crippen LogP contribution in [-0.4, -0.2) is 33.8 Å². The largest absolute Gasteiger partial charge is 0.472 e. The lowest BCUT2D eigenvalue weighted by molar-refractivity contribution is -0.0223. The fraction of sp³-hybridized carbons (Fsp3) is 0.667. The number of aryl methyl sites for hydroxylation is 1. The molecule has 0 radical (unpaired) electrons. The molecular formula is C12H19N2O7P. The fourth-order valence-electron chi connectivity index (χ4n) is 2.36. The van der Waals surface area contributed by atoms with Gasteiger partial charge in [0.1, 0.15) is 6.23 Å². The number of ether oxygens (including phenoxy) is 1. The molecule has 0 aliphatic carbocycles. The maximum Gasteiger partial charge on any atom is 0.472 e. The van der Waals surface area contributed by atoms with Gasteiger partial charge in [0, 0.05) is 25.3 Å². The van der Waals surface area contributed by atoms with E-state index in [1.807, 2.05) is 6.92 Å². The van der Waals surface area contributed by atoms with Crippen LogP contribution in [0.1, 0.15) is 31.6 Å². The standard InChI is InChI=1S/C12H19N2O7P/c1-4-8-9(21-22(17,18)19-3)5-10(20-8)14-6-7(2)11(15)13-12(14)16/h6,8-10H,4-5H2,1-3H3,(H,17,18)(H,13,15,16)/t8-,9+,10-/m0/s1. The summed E-state index contributed by atoms with van der Waals surface area (Å²) in [5.74, 6) is 0. The second-order valence-corrected chi connectivity index (χ2v) is 6.56. The molecule has 1 aromatic rings. The van der Waals surface area contributed by atoms with Crippen LogP contribution in [0.4, 0.5) is 0 Å². The Hall–Kier alpha value is -1.25. The average molecular weight is 334 g/mol. The fourth-order valence-corrected chi connectivity index (χ4v) is 3.01. The van der Waals surface area contributed by atoms with Crippen LogP contribution < -0.4 is 11.2 Å². The van der Waals surface area contributed by atoms with Gasteiger partial charge in [-0.2, -0.15) is 0 Å². The van der Waals surface area contributed by atoms with Crippen LogP contribution in [0.5, 0.6) is 0 Å². The smallest absolute Gasteiger partial charge is 0.352 e. The van der Waals surface area contributed by atoms with E-state index in [4.69, 9.17) is 9.26 Å². The first-order valence-corrected chi connectivity index (χ1v) is 8.31. The van der Waals surface area contributed by atoms with Crippen molar-refractivity contribution in [2.45, 2.75) is 45.1 Å². The third-order valence-corrected chi connectivity index (χ3v) is 4.54. The summed E-state index contributed by atoms with van der Waals surface area (Å²) in [5.41, 5.74) is -0.696. The summed E-state index contributed by atoms with van der Waals surface area (Å²) in [6, 6.07) is 0. The lowest BCUT2D eigenvalue weighted by atomic mass is 10.1. The number of nitrogens with zero attached hydrogens (tertiary/aromatic N) is 1. The minimum atomic E-state index is -4.15. The summed E-state index contributed by atoms with van der Waals surface area (Å²) in [5, 5.41) is 0. The monoisotopic (exact) mass is 334 g/mol. The minimum absolute atomic E-state index is 0.192. The van der Waals surface area contributed by atoms with Crippen LogP contribution in [-0.2, 0) is 18.3 Å². The van der Waals surface area contributed by atoms with Gasteiger partial charge in [-0.1, -0.05) is 6.92 Å². The van der Waals surface area contributed by atoms with Crippen molar-refractivity contribution in [3.05, 3.63) is 32.6 Å². The highest BCUT2D eigenvalue weighted by molar-refractivity contribution is 7.47. The van der Waals surface area contributed by atoms with Crippen molar-refractivity contribution in [2.75, 3.05) is 7.11 Å². The molecule has 0 saturated carbocycles. The molecule has 1 aromatic heterocycles. The van der Waals surface area contributed by atoms with Gasteiger partial charge in [0.2, 0.25) is 0 Å². The Labute approximate surface area is 126 Å². The molecule has 9 nitrogen and oxygen atoms in total.